The van der Waals surface area contributed by atoms with Gasteiger partial charge in [-0.25, -0.2) is 0 Å². The molecule has 3 atom stereocenters. The van der Waals surface area contributed by atoms with Gasteiger partial charge in [-0.3, -0.25) is 9.89 Å². The van der Waals surface area contributed by atoms with Gasteiger partial charge in [0, 0.05) is 37.1 Å². The van der Waals surface area contributed by atoms with Crippen LogP contribution in [0.4, 0.5) is 0 Å². The van der Waals surface area contributed by atoms with Gasteiger partial charge in [0.15, 0.2) is 5.96 Å². The van der Waals surface area contributed by atoms with Crippen LogP contribution in [-0.2, 0) is 0 Å². The molecule has 0 radical (unpaired) electrons. The van der Waals surface area contributed by atoms with E-state index in [-0.39, 0.29) is 0 Å². The lowest BCUT2D eigenvalue weighted by atomic mass is 9.88. The fourth-order valence-corrected chi connectivity index (χ4v) is 5.74. The van der Waals surface area contributed by atoms with E-state index in [1.165, 1.54) is 56.7 Å². The molecule has 0 aliphatic carbocycles. The third-order valence-electron chi connectivity index (χ3n) is 6.14. The van der Waals surface area contributed by atoms with Crippen molar-refractivity contribution in [2.24, 2.45) is 16.8 Å². The van der Waals surface area contributed by atoms with Crippen LogP contribution in [0.2, 0.25) is 0 Å². The molecule has 0 aromatic carbocycles. The Bertz CT molecular complexity index is 588. The van der Waals surface area contributed by atoms with Crippen molar-refractivity contribution in [2.45, 2.75) is 45.6 Å². The van der Waals surface area contributed by atoms with Crippen molar-refractivity contribution in [2.75, 3.05) is 52.9 Å². The molecule has 0 spiro atoms. The first-order valence-electron chi connectivity index (χ1n) is 11.2. The molecule has 6 heteroatoms. The highest BCUT2D eigenvalue weighted by atomic mass is 32.1. The third kappa shape index (κ3) is 5.94. The molecule has 2 fully saturated rings. The number of thiophene rings is 1. The number of aliphatic imine (C=N–C) groups is 1. The van der Waals surface area contributed by atoms with Gasteiger partial charge in [0.25, 0.3) is 0 Å². The van der Waals surface area contributed by atoms with E-state index in [1.54, 1.807) is 0 Å². The van der Waals surface area contributed by atoms with Gasteiger partial charge >= 0.3 is 0 Å². The number of guanidine groups is 1. The van der Waals surface area contributed by atoms with E-state index in [2.05, 4.69) is 58.8 Å². The molecule has 1 aromatic heterocycles. The first kappa shape index (κ1) is 21.6. The number of hydrogen-bond acceptors (Lipinski definition) is 4. The van der Waals surface area contributed by atoms with Crippen molar-refractivity contribution >= 4 is 17.3 Å². The molecule has 2 N–H and O–H groups in total. The Hall–Kier alpha value is -1.11. The quantitative estimate of drug-likeness (QED) is 0.514. The second-order valence-electron chi connectivity index (χ2n) is 8.40. The van der Waals surface area contributed by atoms with E-state index >= 15 is 0 Å². The van der Waals surface area contributed by atoms with Crippen molar-refractivity contribution in [3.05, 3.63) is 22.4 Å². The molecule has 3 rings (SSSR count). The minimum Gasteiger partial charge on any atom is -0.357 e. The molecule has 0 bridgehead atoms. The maximum atomic E-state index is 4.94. The molecule has 0 saturated carbocycles. The molecular formula is C22H39N5S. The largest absolute Gasteiger partial charge is 0.357 e. The predicted molar refractivity (Wildman–Crippen MR) is 121 cm³/mol. The SMILES string of the molecule is CCCN1CCC(CN=C(NCC)NCC2CCCN(C)C2c2cccs2)C1. The van der Waals surface area contributed by atoms with E-state index in [4.69, 9.17) is 4.99 Å². The van der Waals surface area contributed by atoms with Crippen molar-refractivity contribution < 1.29 is 0 Å². The lowest BCUT2D eigenvalue weighted by Gasteiger charge is -2.39. The molecule has 0 amide bonds. The second kappa shape index (κ2) is 11.2. The third-order valence-corrected chi connectivity index (χ3v) is 7.08. The molecule has 3 heterocycles. The molecule has 2 aliphatic heterocycles. The highest BCUT2D eigenvalue weighted by Crippen LogP contribution is 2.36. The number of rotatable bonds is 8. The molecule has 5 nitrogen and oxygen atoms in total. The van der Waals surface area contributed by atoms with Crippen LogP contribution in [0.15, 0.2) is 22.5 Å². The summed E-state index contributed by atoms with van der Waals surface area (Å²) in [6.45, 7) is 12.2. The topological polar surface area (TPSA) is 42.9 Å². The summed E-state index contributed by atoms with van der Waals surface area (Å²) >= 11 is 1.89. The first-order chi connectivity index (χ1) is 13.7. The molecule has 2 aliphatic rings. The van der Waals surface area contributed by atoms with Crippen LogP contribution >= 0.6 is 11.3 Å². The maximum Gasteiger partial charge on any atom is 0.191 e. The van der Waals surface area contributed by atoms with E-state index in [9.17, 15) is 0 Å². The summed E-state index contributed by atoms with van der Waals surface area (Å²) in [5.74, 6) is 2.34. The van der Waals surface area contributed by atoms with E-state index in [0.29, 0.717) is 17.9 Å². The van der Waals surface area contributed by atoms with E-state index < -0.39 is 0 Å². The molecule has 3 unspecified atom stereocenters. The van der Waals surface area contributed by atoms with Gasteiger partial charge in [-0.05, 0) is 82.6 Å². The van der Waals surface area contributed by atoms with Crippen LogP contribution in [0.1, 0.15) is 50.4 Å². The average molecular weight is 406 g/mol. The summed E-state index contributed by atoms with van der Waals surface area (Å²) < 4.78 is 0. The Balaban J connectivity index is 1.54. The van der Waals surface area contributed by atoms with Gasteiger partial charge in [0.2, 0.25) is 0 Å². The lowest BCUT2D eigenvalue weighted by Crippen LogP contribution is -2.45. The van der Waals surface area contributed by atoms with E-state index in [1.807, 2.05) is 11.3 Å². The zero-order chi connectivity index (χ0) is 19.8. The average Bonchev–Trinajstić information content (AvgIpc) is 3.36. The number of nitrogens with one attached hydrogen (secondary N) is 2. The predicted octanol–water partition coefficient (Wildman–Crippen LogP) is 3.42. The van der Waals surface area contributed by atoms with Crippen LogP contribution in [0.3, 0.4) is 0 Å². The van der Waals surface area contributed by atoms with Crippen LogP contribution in [-0.4, -0.2) is 68.6 Å². The standard InChI is InChI=1S/C22H39N5S/c1-4-11-27-13-10-18(17-27)15-24-22(23-5-2)25-16-19-8-6-12-26(3)21(19)20-9-7-14-28-20/h7,9,14,18-19,21H,4-6,8,10-13,15-17H2,1-3H3,(H2,23,24,25). The molecule has 2 saturated heterocycles. The summed E-state index contributed by atoms with van der Waals surface area (Å²) in [7, 11) is 2.28. The Morgan fingerprint density at radius 2 is 2.14 bits per heavy atom. The van der Waals surface area contributed by atoms with Crippen molar-refractivity contribution in [3.8, 4) is 0 Å². The van der Waals surface area contributed by atoms with E-state index in [0.717, 1.165) is 25.6 Å². The minimum atomic E-state index is 0.529. The number of hydrogen-bond donors (Lipinski definition) is 2. The smallest absolute Gasteiger partial charge is 0.191 e. The van der Waals surface area contributed by atoms with Gasteiger partial charge in [0.05, 0.1) is 0 Å². The van der Waals surface area contributed by atoms with Crippen molar-refractivity contribution in [1.82, 2.24) is 20.4 Å². The number of nitrogens with zero attached hydrogens (tertiary/aromatic N) is 3. The van der Waals surface area contributed by atoms with Crippen molar-refractivity contribution in [1.29, 1.82) is 0 Å². The van der Waals surface area contributed by atoms with Gasteiger partial charge in [-0.15, -0.1) is 11.3 Å². The Morgan fingerprint density at radius 3 is 2.89 bits per heavy atom. The summed E-state index contributed by atoms with van der Waals surface area (Å²) in [4.78, 5) is 11.6. The molecule has 28 heavy (non-hydrogen) atoms. The van der Waals surface area contributed by atoms with Crippen LogP contribution in [0.25, 0.3) is 0 Å². The summed E-state index contributed by atoms with van der Waals surface area (Å²) in [6, 6.07) is 5.01. The summed E-state index contributed by atoms with van der Waals surface area (Å²) in [5, 5.41) is 9.33. The van der Waals surface area contributed by atoms with Gasteiger partial charge in [0.1, 0.15) is 0 Å². The normalized spacial score (nSPS) is 27.2. The first-order valence-corrected chi connectivity index (χ1v) is 12.1. The zero-order valence-corrected chi connectivity index (χ0v) is 18.8. The Morgan fingerprint density at radius 1 is 1.25 bits per heavy atom. The number of likely N-dealkylation sites (tertiary alicyclic amines) is 2. The Kier molecular flexibility index (Phi) is 8.62. The zero-order valence-electron chi connectivity index (χ0n) is 18.0. The summed E-state index contributed by atoms with van der Waals surface area (Å²) in [6.07, 6.45) is 5.11. The maximum absolute atomic E-state index is 4.94. The van der Waals surface area contributed by atoms with Crippen LogP contribution in [0, 0.1) is 11.8 Å². The van der Waals surface area contributed by atoms with Crippen molar-refractivity contribution in [3.63, 3.8) is 0 Å². The minimum absolute atomic E-state index is 0.529. The highest BCUT2D eigenvalue weighted by molar-refractivity contribution is 7.10. The van der Waals surface area contributed by atoms with Gasteiger partial charge < -0.3 is 15.5 Å². The van der Waals surface area contributed by atoms with Gasteiger partial charge in [-0.2, -0.15) is 0 Å². The van der Waals surface area contributed by atoms with Crippen LogP contribution < -0.4 is 10.6 Å². The second-order valence-corrected chi connectivity index (χ2v) is 9.38. The molecule has 158 valence electrons. The fourth-order valence-electron chi connectivity index (χ4n) is 4.75. The number of piperidine rings is 1. The Labute approximate surface area is 175 Å². The van der Waals surface area contributed by atoms with Gasteiger partial charge in [-0.1, -0.05) is 13.0 Å². The monoisotopic (exact) mass is 405 g/mol. The van der Waals surface area contributed by atoms with Crippen LogP contribution in [0.5, 0.6) is 0 Å². The molecular weight excluding hydrogens is 366 g/mol. The molecule has 1 aromatic rings. The summed E-state index contributed by atoms with van der Waals surface area (Å²) in [5.41, 5.74) is 0. The lowest BCUT2D eigenvalue weighted by molar-refractivity contribution is 0.125. The highest BCUT2D eigenvalue weighted by Gasteiger charge is 2.31. The fraction of sp³-hybridized carbons (Fsp3) is 0.773.